The molecular weight excluding hydrogens is 410 g/mol. The number of aromatic nitrogens is 1. The molecule has 1 aliphatic heterocycles. The van der Waals surface area contributed by atoms with Crippen LogP contribution >= 0.6 is 0 Å². The molecular formula is C24H31N3O5. The Morgan fingerprint density at radius 1 is 1.25 bits per heavy atom. The molecule has 3 unspecified atom stereocenters. The van der Waals surface area contributed by atoms with Crippen molar-refractivity contribution >= 4 is 28.7 Å². The van der Waals surface area contributed by atoms with E-state index in [4.69, 9.17) is 10.2 Å². The summed E-state index contributed by atoms with van der Waals surface area (Å²) in [6.07, 6.45) is 6.30. The van der Waals surface area contributed by atoms with Gasteiger partial charge in [-0.05, 0) is 50.4 Å². The smallest absolute Gasteiger partial charge is 0.328 e. The molecule has 1 aliphatic carbocycles. The molecule has 0 saturated carbocycles. The lowest BCUT2D eigenvalue weighted by Gasteiger charge is -2.45. The molecule has 0 bridgehead atoms. The Balaban J connectivity index is 0.000000312. The number of nitrogens with one attached hydrogen (secondary N) is 2. The van der Waals surface area contributed by atoms with Gasteiger partial charge in [-0.3, -0.25) is 4.79 Å². The number of fused-ring (bicyclic) bond motifs is 2. The Kier molecular flexibility index (Phi) is 7.35. The number of likely N-dealkylation sites (tertiary alicyclic amines) is 1. The second kappa shape index (κ2) is 9.99. The lowest BCUT2D eigenvalue weighted by Crippen LogP contribution is -2.52. The van der Waals surface area contributed by atoms with Gasteiger partial charge in [-0.25, -0.2) is 9.59 Å². The van der Waals surface area contributed by atoms with E-state index in [9.17, 15) is 14.4 Å². The van der Waals surface area contributed by atoms with Crippen molar-refractivity contribution < 1.29 is 24.6 Å². The lowest BCUT2D eigenvalue weighted by molar-refractivity contribution is -0.134. The van der Waals surface area contributed by atoms with Crippen molar-refractivity contribution in [3.63, 3.8) is 0 Å². The summed E-state index contributed by atoms with van der Waals surface area (Å²) < 4.78 is 0. The van der Waals surface area contributed by atoms with E-state index in [-0.39, 0.29) is 17.9 Å². The van der Waals surface area contributed by atoms with Crippen molar-refractivity contribution in [3.05, 3.63) is 47.7 Å². The van der Waals surface area contributed by atoms with Gasteiger partial charge < -0.3 is 25.4 Å². The SMILES string of the molecule is CCC(C)NC(=O)C1CC2c3cccc4[nH]cc(c34)C[C@H]2N(C)C1.O=C(O)/C=C\C(=O)O. The third kappa shape index (κ3) is 5.19. The topological polar surface area (TPSA) is 123 Å². The summed E-state index contributed by atoms with van der Waals surface area (Å²) in [5, 5.41) is 20.2. The largest absolute Gasteiger partial charge is 0.478 e. The maximum atomic E-state index is 12.7. The summed E-state index contributed by atoms with van der Waals surface area (Å²) in [5.74, 6) is -1.76. The Labute approximate surface area is 187 Å². The van der Waals surface area contributed by atoms with E-state index in [1.807, 2.05) is 0 Å². The minimum atomic E-state index is -1.26. The van der Waals surface area contributed by atoms with E-state index in [2.05, 4.69) is 60.5 Å². The Hall–Kier alpha value is -3.13. The molecule has 1 aromatic heterocycles. The number of carboxylic acid groups (broad SMARTS) is 2. The van der Waals surface area contributed by atoms with Crippen molar-refractivity contribution in [2.45, 2.75) is 51.1 Å². The van der Waals surface area contributed by atoms with Crippen LogP contribution in [0.25, 0.3) is 10.9 Å². The van der Waals surface area contributed by atoms with Crippen LogP contribution in [0.2, 0.25) is 0 Å². The fraction of sp³-hybridized carbons (Fsp3) is 0.458. The van der Waals surface area contributed by atoms with Gasteiger partial charge in [0, 0.05) is 53.8 Å². The van der Waals surface area contributed by atoms with Gasteiger partial charge in [0.2, 0.25) is 5.91 Å². The maximum Gasteiger partial charge on any atom is 0.328 e. The van der Waals surface area contributed by atoms with E-state index in [0.29, 0.717) is 24.1 Å². The highest BCUT2D eigenvalue weighted by Gasteiger charge is 2.41. The van der Waals surface area contributed by atoms with Crippen molar-refractivity contribution in [2.75, 3.05) is 13.6 Å². The molecule has 8 nitrogen and oxygen atoms in total. The van der Waals surface area contributed by atoms with Crippen LogP contribution in [0, 0.1) is 5.92 Å². The van der Waals surface area contributed by atoms with Crippen LogP contribution in [0.3, 0.4) is 0 Å². The molecule has 1 amide bonds. The number of benzene rings is 1. The van der Waals surface area contributed by atoms with Crippen LogP contribution in [-0.4, -0.2) is 63.6 Å². The third-order valence-electron chi connectivity index (χ3n) is 6.47. The van der Waals surface area contributed by atoms with Gasteiger partial charge in [-0.2, -0.15) is 0 Å². The van der Waals surface area contributed by atoms with Crippen LogP contribution in [0.4, 0.5) is 0 Å². The predicted octanol–water partition coefficient (Wildman–Crippen LogP) is 2.75. The second-order valence-corrected chi connectivity index (χ2v) is 8.66. The molecule has 32 heavy (non-hydrogen) atoms. The van der Waals surface area contributed by atoms with E-state index >= 15 is 0 Å². The normalized spacial score (nSPS) is 23.2. The summed E-state index contributed by atoms with van der Waals surface area (Å²) in [4.78, 5) is 37.6. The van der Waals surface area contributed by atoms with Gasteiger partial charge in [-0.15, -0.1) is 0 Å². The summed E-state index contributed by atoms with van der Waals surface area (Å²) in [5.41, 5.74) is 4.08. The van der Waals surface area contributed by atoms with Crippen LogP contribution in [0.1, 0.15) is 43.7 Å². The standard InChI is InChI=1S/C20H27N3O.C4H4O4/c1-4-12(2)22-20(24)14-8-16-15-6-5-7-17-19(15)13(10-21-17)9-18(16)23(3)11-14;5-3(6)1-2-4(7)8/h5-7,10,12,14,16,18,21H,4,8-9,11H2,1-3H3,(H,22,24);1-2H,(H,5,6)(H,7,8)/b;2-1-/t12?,14?,16?,18-;/m1./s1. The Bertz CT molecular complexity index is 1010. The summed E-state index contributed by atoms with van der Waals surface area (Å²) in [6.45, 7) is 5.06. The molecule has 1 aromatic carbocycles. The molecule has 4 N–H and O–H groups in total. The molecule has 2 heterocycles. The van der Waals surface area contributed by atoms with Gasteiger partial charge in [0.05, 0.1) is 5.92 Å². The number of carbonyl (C=O) groups excluding carboxylic acids is 1. The molecule has 8 heteroatoms. The van der Waals surface area contributed by atoms with Crippen LogP contribution < -0.4 is 5.32 Å². The minimum Gasteiger partial charge on any atom is -0.478 e. The van der Waals surface area contributed by atoms with Gasteiger partial charge >= 0.3 is 11.9 Å². The quantitative estimate of drug-likeness (QED) is 0.529. The molecule has 4 rings (SSSR count). The third-order valence-corrected chi connectivity index (χ3v) is 6.47. The first kappa shape index (κ1) is 23.5. The number of rotatable bonds is 5. The number of piperidine rings is 1. The van der Waals surface area contributed by atoms with E-state index in [1.165, 1.54) is 22.0 Å². The summed E-state index contributed by atoms with van der Waals surface area (Å²) in [7, 11) is 2.18. The fourth-order valence-electron chi connectivity index (χ4n) is 4.74. The molecule has 0 radical (unpaired) electrons. The number of H-pyrrole nitrogens is 1. The van der Waals surface area contributed by atoms with Crippen LogP contribution in [0.5, 0.6) is 0 Å². The van der Waals surface area contributed by atoms with Crippen LogP contribution in [-0.2, 0) is 20.8 Å². The number of hydrogen-bond acceptors (Lipinski definition) is 4. The van der Waals surface area contributed by atoms with E-state index in [1.54, 1.807) is 0 Å². The first-order valence-electron chi connectivity index (χ1n) is 10.9. The highest BCUT2D eigenvalue weighted by molar-refractivity contribution is 5.90. The number of carboxylic acids is 2. The Morgan fingerprint density at radius 3 is 2.56 bits per heavy atom. The number of carbonyl (C=O) groups is 3. The maximum absolute atomic E-state index is 12.7. The lowest BCUT2D eigenvalue weighted by atomic mass is 9.72. The molecule has 2 aliphatic rings. The monoisotopic (exact) mass is 441 g/mol. The number of aromatic amines is 1. The fourth-order valence-corrected chi connectivity index (χ4v) is 4.74. The molecule has 172 valence electrons. The van der Waals surface area contributed by atoms with Crippen molar-refractivity contribution in [1.82, 2.24) is 15.2 Å². The van der Waals surface area contributed by atoms with Gasteiger partial charge in [-0.1, -0.05) is 19.1 Å². The number of amides is 1. The highest BCUT2D eigenvalue weighted by atomic mass is 16.4. The van der Waals surface area contributed by atoms with Crippen LogP contribution in [0.15, 0.2) is 36.5 Å². The average molecular weight is 442 g/mol. The zero-order valence-electron chi connectivity index (χ0n) is 18.7. The molecule has 1 saturated heterocycles. The van der Waals surface area contributed by atoms with E-state index < -0.39 is 11.9 Å². The highest BCUT2D eigenvalue weighted by Crippen LogP contribution is 2.44. The molecule has 4 atom stereocenters. The number of nitrogens with zero attached hydrogens (tertiary/aromatic N) is 1. The summed E-state index contributed by atoms with van der Waals surface area (Å²) in [6, 6.07) is 7.32. The Morgan fingerprint density at radius 2 is 1.94 bits per heavy atom. The van der Waals surface area contributed by atoms with Crippen molar-refractivity contribution in [2.24, 2.45) is 5.92 Å². The van der Waals surface area contributed by atoms with Crippen molar-refractivity contribution in [3.8, 4) is 0 Å². The molecule has 1 fully saturated rings. The number of aliphatic carboxylic acids is 2. The number of hydrogen-bond donors (Lipinski definition) is 4. The predicted molar refractivity (Wildman–Crippen MR) is 122 cm³/mol. The molecule has 0 spiro atoms. The molecule has 2 aromatic rings. The first-order valence-corrected chi connectivity index (χ1v) is 10.9. The van der Waals surface area contributed by atoms with E-state index in [0.717, 1.165) is 25.8 Å². The first-order chi connectivity index (χ1) is 15.2. The zero-order valence-corrected chi connectivity index (χ0v) is 18.7. The van der Waals surface area contributed by atoms with Gasteiger partial charge in [0.1, 0.15) is 0 Å². The zero-order chi connectivity index (χ0) is 23.4. The number of likely N-dealkylation sites (N-methyl/N-ethyl adjacent to an activating group) is 1. The van der Waals surface area contributed by atoms with Gasteiger partial charge in [0.15, 0.2) is 0 Å². The average Bonchev–Trinajstić information content (AvgIpc) is 3.17. The van der Waals surface area contributed by atoms with Gasteiger partial charge in [0.25, 0.3) is 0 Å². The second-order valence-electron chi connectivity index (χ2n) is 8.66. The summed E-state index contributed by atoms with van der Waals surface area (Å²) >= 11 is 0. The minimum absolute atomic E-state index is 0.0843. The van der Waals surface area contributed by atoms with Crippen molar-refractivity contribution in [1.29, 1.82) is 0 Å².